The maximum atomic E-state index is 13.7. The van der Waals surface area contributed by atoms with Crippen molar-refractivity contribution in [2.75, 3.05) is 38.2 Å². The summed E-state index contributed by atoms with van der Waals surface area (Å²) < 4.78 is 5.22. The largest absolute Gasteiger partial charge is 0.497 e. The molecule has 7 heteroatoms. The Bertz CT molecular complexity index is 1120. The third-order valence-electron chi connectivity index (χ3n) is 7.19. The van der Waals surface area contributed by atoms with Crippen molar-refractivity contribution >= 4 is 23.3 Å². The molecule has 176 valence electrons. The number of rotatable bonds is 5. The molecule has 2 aromatic carbocycles. The Morgan fingerprint density at radius 1 is 0.882 bits per heavy atom. The highest BCUT2D eigenvalue weighted by molar-refractivity contribution is 6.30. The Kier molecular flexibility index (Phi) is 6.42. The van der Waals surface area contributed by atoms with E-state index in [1.54, 1.807) is 7.11 Å². The lowest BCUT2D eigenvalue weighted by atomic mass is 9.77. The molecule has 1 aliphatic carbocycles. The molecule has 34 heavy (non-hydrogen) atoms. The number of anilines is 1. The number of benzene rings is 2. The second-order valence-electron chi connectivity index (χ2n) is 9.08. The first-order chi connectivity index (χ1) is 16.6. The summed E-state index contributed by atoms with van der Waals surface area (Å²) in [7, 11) is 1.65. The normalized spacial score (nSPS) is 17.6. The van der Waals surface area contributed by atoms with Crippen molar-refractivity contribution < 1.29 is 9.53 Å². The summed E-state index contributed by atoms with van der Waals surface area (Å²) in [5, 5.41) is 9.60. The van der Waals surface area contributed by atoms with Crippen LogP contribution in [-0.4, -0.2) is 54.3 Å². The Morgan fingerprint density at radius 3 is 2.15 bits per heavy atom. The monoisotopic (exact) mass is 476 g/mol. The molecular weight excluding hydrogens is 448 g/mol. The van der Waals surface area contributed by atoms with Gasteiger partial charge in [0.25, 0.3) is 0 Å². The minimum atomic E-state index is -0.410. The number of ether oxygens (including phenoxy) is 1. The molecule has 0 unspecified atom stereocenters. The maximum Gasteiger partial charge on any atom is 0.233 e. The number of hydrogen-bond acceptors (Lipinski definition) is 5. The lowest BCUT2D eigenvalue weighted by molar-refractivity contribution is -0.137. The molecule has 5 rings (SSSR count). The number of nitrogens with zero attached hydrogens (tertiary/aromatic N) is 4. The van der Waals surface area contributed by atoms with Gasteiger partial charge in [-0.2, -0.15) is 0 Å². The second kappa shape index (κ2) is 9.63. The smallest absolute Gasteiger partial charge is 0.233 e. The fourth-order valence-corrected chi connectivity index (χ4v) is 5.35. The van der Waals surface area contributed by atoms with Crippen LogP contribution in [0.4, 0.5) is 5.82 Å². The van der Waals surface area contributed by atoms with E-state index in [-0.39, 0.29) is 5.91 Å². The predicted octanol–water partition coefficient (Wildman–Crippen LogP) is 4.97. The van der Waals surface area contributed by atoms with Gasteiger partial charge < -0.3 is 14.5 Å². The Labute approximate surface area is 205 Å². The van der Waals surface area contributed by atoms with E-state index in [0.29, 0.717) is 18.1 Å². The van der Waals surface area contributed by atoms with Gasteiger partial charge in [-0.05, 0) is 66.9 Å². The topological polar surface area (TPSA) is 58.6 Å². The second-order valence-corrected chi connectivity index (χ2v) is 9.52. The lowest BCUT2D eigenvalue weighted by Gasteiger charge is -2.40. The number of carbonyl (C=O) groups excluding carboxylic acids is 1. The quantitative estimate of drug-likeness (QED) is 0.520. The summed E-state index contributed by atoms with van der Waals surface area (Å²) in [4.78, 5) is 18.0. The molecule has 2 heterocycles. The van der Waals surface area contributed by atoms with Crippen molar-refractivity contribution in [3.63, 3.8) is 0 Å². The van der Waals surface area contributed by atoms with Gasteiger partial charge in [0, 0.05) is 36.8 Å². The maximum absolute atomic E-state index is 13.7. The fraction of sp³-hybridized carbons (Fsp3) is 0.370. The summed E-state index contributed by atoms with van der Waals surface area (Å²) in [6.07, 6.45) is 3.99. The average Bonchev–Trinajstić information content (AvgIpc) is 3.40. The Morgan fingerprint density at radius 2 is 1.56 bits per heavy atom. The molecule has 0 atom stereocenters. The average molecular weight is 477 g/mol. The van der Waals surface area contributed by atoms with Crippen molar-refractivity contribution in [1.29, 1.82) is 0 Å². The van der Waals surface area contributed by atoms with Crippen LogP contribution in [0.5, 0.6) is 5.75 Å². The number of amides is 1. The molecule has 0 bridgehead atoms. The summed E-state index contributed by atoms with van der Waals surface area (Å²) >= 11 is 6.11. The van der Waals surface area contributed by atoms with Crippen LogP contribution in [0.15, 0.2) is 60.7 Å². The van der Waals surface area contributed by atoms with Gasteiger partial charge in [-0.25, -0.2) is 0 Å². The van der Waals surface area contributed by atoms with Crippen molar-refractivity contribution in [2.45, 2.75) is 31.1 Å². The Balaban J connectivity index is 1.25. The van der Waals surface area contributed by atoms with Crippen LogP contribution in [0.25, 0.3) is 11.3 Å². The van der Waals surface area contributed by atoms with E-state index >= 15 is 0 Å². The van der Waals surface area contributed by atoms with E-state index in [1.807, 2.05) is 65.6 Å². The molecule has 2 aliphatic rings. The van der Waals surface area contributed by atoms with Crippen LogP contribution < -0.4 is 9.64 Å². The van der Waals surface area contributed by atoms with Gasteiger partial charge in [0.05, 0.1) is 18.2 Å². The van der Waals surface area contributed by atoms with Crippen LogP contribution in [0.1, 0.15) is 31.2 Å². The highest BCUT2D eigenvalue weighted by Gasteiger charge is 2.45. The SMILES string of the molecule is COc1ccc(-c2ccc(N3CCN(C(=O)C4(c5ccc(Cl)cc5)CCCC4)CC3)nn2)cc1. The minimum absolute atomic E-state index is 0.257. The van der Waals surface area contributed by atoms with Gasteiger partial charge in [0.2, 0.25) is 5.91 Å². The number of carbonyl (C=O) groups is 1. The molecule has 6 nitrogen and oxygen atoms in total. The molecule has 1 saturated heterocycles. The number of methoxy groups -OCH3 is 1. The zero-order valence-corrected chi connectivity index (χ0v) is 20.2. The van der Waals surface area contributed by atoms with Crippen LogP contribution in [-0.2, 0) is 10.2 Å². The van der Waals surface area contributed by atoms with Crippen LogP contribution in [0.3, 0.4) is 0 Å². The molecule has 1 amide bonds. The van der Waals surface area contributed by atoms with Gasteiger partial charge in [-0.3, -0.25) is 4.79 Å². The van der Waals surface area contributed by atoms with Gasteiger partial charge in [-0.1, -0.05) is 36.6 Å². The molecule has 1 saturated carbocycles. The third kappa shape index (κ3) is 4.34. The summed E-state index contributed by atoms with van der Waals surface area (Å²) in [6, 6.07) is 19.7. The zero-order chi connectivity index (χ0) is 23.5. The van der Waals surface area contributed by atoms with E-state index < -0.39 is 5.41 Å². The number of piperazine rings is 1. The minimum Gasteiger partial charge on any atom is -0.497 e. The molecule has 2 fully saturated rings. The van der Waals surface area contributed by atoms with Crippen molar-refractivity contribution in [3.05, 3.63) is 71.2 Å². The number of halogens is 1. The predicted molar refractivity (Wildman–Crippen MR) is 134 cm³/mol. The summed E-state index contributed by atoms with van der Waals surface area (Å²) in [6.45, 7) is 2.88. The molecule has 0 N–H and O–H groups in total. The fourth-order valence-electron chi connectivity index (χ4n) is 5.22. The molecule has 1 aliphatic heterocycles. The molecule has 1 aromatic heterocycles. The van der Waals surface area contributed by atoms with Crippen LogP contribution in [0.2, 0.25) is 5.02 Å². The third-order valence-corrected chi connectivity index (χ3v) is 7.44. The van der Waals surface area contributed by atoms with E-state index in [1.165, 1.54) is 0 Å². The van der Waals surface area contributed by atoms with E-state index in [0.717, 1.165) is 67.2 Å². The van der Waals surface area contributed by atoms with Gasteiger partial charge in [-0.15, -0.1) is 10.2 Å². The van der Waals surface area contributed by atoms with Gasteiger partial charge in [0.15, 0.2) is 5.82 Å². The molecule has 0 spiro atoms. The molecular formula is C27H29ClN4O2. The Hall–Kier alpha value is -3.12. The zero-order valence-electron chi connectivity index (χ0n) is 19.4. The van der Waals surface area contributed by atoms with E-state index in [4.69, 9.17) is 16.3 Å². The first kappa shape index (κ1) is 22.7. The first-order valence-electron chi connectivity index (χ1n) is 11.9. The number of aromatic nitrogens is 2. The van der Waals surface area contributed by atoms with Crippen molar-refractivity contribution in [2.24, 2.45) is 0 Å². The van der Waals surface area contributed by atoms with Crippen LogP contribution >= 0.6 is 11.6 Å². The standard InChI is InChI=1S/C27H29ClN4O2/c1-34-23-10-4-20(5-11-23)24-12-13-25(30-29-24)31-16-18-32(19-17-31)26(33)27(14-2-3-15-27)21-6-8-22(28)9-7-21/h4-13H,2-3,14-19H2,1H3. The summed E-state index contributed by atoms with van der Waals surface area (Å²) in [5.41, 5.74) is 2.51. The van der Waals surface area contributed by atoms with Crippen molar-refractivity contribution in [3.8, 4) is 17.0 Å². The molecule has 0 radical (unpaired) electrons. The first-order valence-corrected chi connectivity index (χ1v) is 12.3. The summed E-state index contributed by atoms with van der Waals surface area (Å²) in [5.74, 6) is 1.92. The van der Waals surface area contributed by atoms with Crippen molar-refractivity contribution in [1.82, 2.24) is 15.1 Å². The van der Waals surface area contributed by atoms with Gasteiger partial charge >= 0.3 is 0 Å². The highest BCUT2D eigenvalue weighted by Crippen LogP contribution is 2.43. The van der Waals surface area contributed by atoms with Gasteiger partial charge in [0.1, 0.15) is 5.75 Å². The van der Waals surface area contributed by atoms with E-state index in [9.17, 15) is 4.79 Å². The van der Waals surface area contributed by atoms with E-state index in [2.05, 4.69) is 15.1 Å². The molecule has 3 aromatic rings. The lowest BCUT2D eigenvalue weighted by Crippen LogP contribution is -2.54. The highest BCUT2D eigenvalue weighted by atomic mass is 35.5. The van der Waals surface area contributed by atoms with Crippen LogP contribution in [0, 0.1) is 0 Å². The number of hydrogen-bond donors (Lipinski definition) is 0.